The number of nitrogens with two attached hydrogens (primary N) is 1. The summed E-state index contributed by atoms with van der Waals surface area (Å²) in [4.78, 5) is 24.8. The Bertz CT molecular complexity index is 524. The van der Waals surface area contributed by atoms with Gasteiger partial charge in [-0.15, -0.1) is 0 Å². The van der Waals surface area contributed by atoms with Gasteiger partial charge in [0.1, 0.15) is 5.69 Å². The Morgan fingerprint density at radius 3 is 2.85 bits per heavy atom. The van der Waals surface area contributed by atoms with Crippen LogP contribution in [0.15, 0.2) is 12.3 Å². The first kappa shape index (κ1) is 14.5. The van der Waals surface area contributed by atoms with Gasteiger partial charge in [0.15, 0.2) is 0 Å². The third kappa shape index (κ3) is 2.53. The number of nitro groups is 1. The van der Waals surface area contributed by atoms with Crippen LogP contribution in [0.25, 0.3) is 0 Å². The van der Waals surface area contributed by atoms with E-state index in [1.807, 2.05) is 13.8 Å². The largest absolute Gasteiger partial charge is 0.335 e. The molecule has 0 aliphatic carbocycles. The fraction of sp³-hybridized carbons (Fsp3) is 0.615. The van der Waals surface area contributed by atoms with Crippen molar-refractivity contribution in [2.75, 3.05) is 13.1 Å². The zero-order valence-corrected chi connectivity index (χ0v) is 11.8. The minimum atomic E-state index is -0.472. The van der Waals surface area contributed by atoms with Crippen LogP contribution in [0, 0.1) is 10.1 Å². The molecule has 0 spiro atoms. The van der Waals surface area contributed by atoms with E-state index in [0.29, 0.717) is 18.8 Å². The second-order valence-corrected chi connectivity index (χ2v) is 5.37. The van der Waals surface area contributed by atoms with E-state index in [1.54, 1.807) is 9.47 Å². The lowest BCUT2D eigenvalue weighted by atomic mass is 10.2. The summed E-state index contributed by atoms with van der Waals surface area (Å²) in [7, 11) is 0. The maximum Gasteiger partial charge on any atom is 0.287 e. The molecular formula is C13H20N4O3. The van der Waals surface area contributed by atoms with Crippen molar-refractivity contribution in [3.63, 3.8) is 0 Å². The van der Waals surface area contributed by atoms with Crippen molar-refractivity contribution in [2.45, 2.75) is 38.8 Å². The Balaban J connectivity index is 2.35. The lowest BCUT2D eigenvalue weighted by molar-refractivity contribution is -0.384. The summed E-state index contributed by atoms with van der Waals surface area (Å²) in [5, 5.41) is 10.9. The zero-order valence-electron chi connectivity index (χ0n) is 11.8. The number of carbonyl (C=O) groups excluding carboxylic acids is 1. The van der Waals surface area contributed by atoms with E-state index in [2.05, 4.69) is 0 Å². The predicted molar refractivity (Wildman–Crippen MR) is 74.6 cm³/mol. The summed E-state index contributed by atoms with van der Waals surface area (Å²) < 4.78 is 1.66. The average Bonchev–Trinajstić information content (AvgIpc) is 3.04. The molecule has 7 heteroatoms. The molecule has 1 aliphatic heterocycles. The van der Waals surface area contributed by atoms with E-state index in [4.69, 9.17) is 5.73 Å². The molecule has 1 aromatic rings. The molecule has 1 fully saturated rings. The minimum Gasteiger partial charge on any atom is -0.335 e. The van der Waals surface area contributed by atoms with Gasteiger partial charge < -0.3 is 15.2 Å². The summed E-state index contributed by atoms with van der Waals surface area (Å²) in [6.07, 6.45) is 3.25. The molecular weight excluding hydrogens is 260 g/mol. The third-order valence-corrected chi connectivity index (χ3v) is 3.73. The van der Waals surface area contributed by atoms with Crippen molar-refractivity contribution in [3.8, 4) is 0 Å². The number of carbonyl (C=O) groups is 1. The molecule has 1 atom stereocenters. The van der Waals surface area contributed by atoms with Crippen molar-refractivity contribution in [3.05, 3.63) is 28.1 Å². The highest BCUT2D eigenvalue weighted by Gasteiger charge is 2.31. The number of amides is 1. The van der Waals surface area contributed by atoms with Crippen LogP contribution in [0.5, 0.6) is 0 Å². The molecule has 110 valence electrons. The fourth-order valence-electron chi connectivity index (χ4n) is 2.66. The smallest absolute Gasteiger partial charge is 0.287 e. The van der Waals surface area contributed by atoms with Gasteiger partial charge in [0.2, 0.25) is 0 Å². The van der Waals surface area contributed by atoms with Gasteiger partial charge in [0.05, 0.1) is 11.1 Å². The van der Waals surface area contributed by atoms with Gasteiger partial charge in [-0.05, 0) is 26.7 Å². The molecule has 1 aromatic heterocycles. The number of nitrogens with zero attached hydrogens (tertiary/aromatic N) is 3. The summed E-state index contributed by atoms with van der Waals surface area (Å²) in [6.45, 7) is 4.88. The van der Waals surface area contributed by atoms with Gasteiger partial charge >= 0.3 is 0 Å². The maximum absolute atomic E-state index is 12.6. The number of likely N-dealkylation sites (tertiary alicyclic amines) is 1. The first-order valence-electron chi connectivity index (χ1n) is 6.83. The van der Waals surface area contributed by atoms with Crippen molar-refractivity contribution in [1.29, 1.82) is 0 Å². The lowest BCUT2D eigenvalue weighted by Gasteiger charge is -2.24. The van der Waals surface area contributed by atoms with Crippen molar-refractivity contribution < 1.29 is 9.72 Å². The van der Waals surface area contributed by atoms with Crippen LogP contribution < -0.4 is 5.73 Å². The average molecular weight is 280 g/mol. The molecule has 0 radical (unpaired) electrons. The summed E-state index contributed by atoms with van der Waals surface area (Å²) in [5.74, 6) is -0.167. The molecule has 1 saturated heterocycles. The first-order chi connectivity index (χ1) is 9.45. The molecule has 2 N–H and O–H groups in total. The standard InChI is InChI=1S/C13H20N4O3/c1-9(2)16-8-11(17(19)20)6-12(16)13(18)15-5-3-4-10(15)7-14/h6,8-10H,3-5,7,14H2,1-2H3. The third-order valence-electron chi connectivity index (χ3n) is 3.73. The molecule has 1 unspecified atom stereocenters. The molecule has 20 heavy (non-hydrogen) atoms. The quantitative estimate of drug-likeness (QED) is 0.668. The van der Waals surface area contributed by atoms with Crippen LogP contribution in [0.2, 0.25) is 0 Å². The summed E-state index contributed by atoms with van der Waals surface area (Å²) >= 11 is 0. The van der Waals surface area contributed by atoms with Gasteiger partial charge in [0, 0.05) is 31.2 Å². The highest BCUT2D eigenvalue weighted by Crippen LogP contribution is 2.25. The minimum absolute atomic E-state index is 0.0124. The summed E-state index contributed by atoms with van der Waals surface area (Å²) in [6, 6.07) is 1.38. The Morgan fingerprint density at radius 1 is 1.60 bits per heavy atom. The predicted octanol–water partition coefficient (Wildman–Crippen LogP) is 1.54. The second-order valence-electron chi connectivity index (χ2n) is 5.37. The Labute approximate surface area is 117 Å². The van der Waals surface area contributed by atoms with Gasteiger partial charge in [0.25, 0.3) is 11.6 Å². The Hall–Kier alpha value is -1.89. The Kier molecular flexibility index (Phi) is 4.08. The highest BCUT2D eigenvalue weighted by molar-refractivity contribution is 5.94. The van der Waals surface area contributed by atoms with Crippen LogP contribution >= 0.6 is 0 Å². The SMILES string of the molecule is CC(C)n1cc([N+](=O)[O-])cc1C(=O)N1CCCC1CN. The van der Waals surface area contributed by atoms with E-state index >= 15 is 0 Å². The van der Waals surface area contributed by atoms with E-state index < -0.39 is 4.92 Å². The number of rotatable bonds is 4. The number of hydrogen-bond acceptors (Lipinski definition) is 4. The van der Waals surface area contributed by atoms with Gasteiger partial charge in [-0.25, -0.2) is 0 Å². The van der Waals surface area contributed by atoms with Crippen molar-refractivity contribution >= 4 is 11.6 Å². The molecule has 7 nitrogen and oxygen atoms in total. The highest BCUT2D eigenvalue weighted by atomic mass is 16.6. The van der Waals surface area contributed by atoms with Crippen LogP contribution in [0.3, 0.4) is 0 Å². The lowest BCUT2D eigenvalue weighted by Crippen LogP contribution is -2.40. The molecule has 1 amide bonds. The molecule has 0 aromatic carbocycles. The molecule has 1 aliphatic rings. The maximum atomic E-state index is 12.6. The molecule has 2 heterocycles. The van der Waals surface area contributed by atoms with Crippen LogP contribution in [-0.2, 0) is 0 Å². The van der Waals surface area contributed by atoms with Crippen LogP contribution in [0.4, 0.5) is 5.69 Å². The van der Waals surface area contributed by atoms with Gasteiger partial charge in [-0.1, -0.05) is 0 Å². The normalized spacial score (nSPS) is 18.8. The van der Waals surface area contributed by atoms with E-state index in [0.717, 1.165) is 12.8 Å². The molecule has 2 rings (SSSR count). The zero-order chi connectivity index (χ0) is 14.9. The molecule has 0 bridgehead atoms. The van der Waals surface area contributed by atoms with Crippen LogP contribution in [-0.4, -0.2) is 39.4 Å². The van der Waals surface area contributed by atoms with Crippen molar-refractivity contribution in [2.24, 2.45) is 5.73 Å². The van der Waals surface area contributed by atoms with E-state index in [9.17, 15) is 14.9 Å². The first-order valence-corrected chi connectivity index (χ1v) is 6.83. The Morgan fingerprint density at radius 2 is 2.30 bits per heavy atom. The van der Waals surface area contributed by atoms with E-state index in [-0.39, 0.29) is 23.7 Å². The van der Waals surface area contributed by atoms with Crippen molar-refractivity contribution in [1.82, 2.24) is 9.47 Å². The topological polar surface area (TPSA) is 94.4 Å². The summed E-state index contributed by atoms with van der Waals surface area (Å²) in [5.41, 5.74) is 6.00. The fourth-order valence-corrected chi connectivity index (χ4v) is 2.66. The second kappa shape index (κ2) is 5.62. The van der Waals surface area contributed by atoms with E-state index in [1.165, 1.54) is 12.3 Å². The number of aromatic nitrogens is 1. The van der Waals surface area contributed by atoms with Gasteiger partial charge in [-0.2, -0.15) is 0 Å². The molecule has 0 saturated carbocycles. The van der Waals surface area contributed by atoms with Crippen LogP contribution in [0.1, 0.15) is 43.2 Å². The van der Waals surface area contributed by atoms with Gasteiger partial charge in [-0.3, -0.25) is 14.9 Å². The number of hydrogen-bond donors (Lipinski definition) is 1. The monoisotopic (exact) mass is 280 g/mol.